The number of carbonyl (C=O) groups excluding carboxylic acids is 1. The number of benzene rings is 1. The summed E-state index contributed by atoms with van der Waals surface area (Å²) in [6.07, 6.45) is 12.9. The molecule has 4 heterocycles. The van der Waals surface area contributed by atoms with Crippen LogP contribution >= 0.6 is 0 Å². The lowest BCUT2D eigenvalue weighted by Crippen LogP contribution is -2.60. The van der Waals surface area contributed by atoms with E-state index < -0.39 is 0 Å². The van der Waals surface area contributed by atoms with E-state index in [0.29, 0.717) is 24.3 Å². The smallest absolute Gasteiger partial charge is 0.223 e. The van der Waals surface area contributed by atoms with Gasteiger partial charge in [0.05, 0.1) is 12.6 Å². The van der Waals surface area contributed by atoms with Gasteiger partial charge in [-0.2, -0.15) is 0 Å². The number of amides is 1. The number of piperidine rings is 3. The predicted molar refractivity (Wildman–Crippen MR) is 118 cm³/mol. The van der Waals surface area contributed by atoms with Gasteiger partial charge in [0, 0.05) is 32.0 Å². The molecule has 0 aromatic heterocycles. The molecule has 4 nitrogen and oxygen atoms in total. The van der Waals surface area contributed by atoms with Gasteiger partial charge in [0.15, 0.2) is 0 Å². The Balaban J connectivity index is 1.17. The number of nitrogens with zero attached hydrogens (tertiary/aromatic N) is 2. The standard InChI is InChI=1S/C26H34N2O2/c29-25(9-7-18-6-8-24-19(14-18)10-13-30-24)28-12-3-4-20-15-21-16-22(26(20)28)17-27-11-2-1-5-23(21)27/h6,8,14-15,21-23,26H,1-5,7,9-13,16-17H2/t21-,22+,23-,26-/m0/s1. The van der Waals surface area contributed by atoms with Crippen molar-refractivity contribution in [2.45, 2.75) is 69.9 Å². The third kappa shape index (κ3) is 3.28. The Morgan fingerprint density at radius 3 is 3.07 bits per heavy atom. The number of carbonyl (C=O) groups is 1. The summed E-state index contributed by atoms with van der Waals surface area (Å²) in [5, 5.41) is 0. The third-order valence-electron chi connectivity index (χ3n) is 8.36. The molecule has 1 aromatic carbocycles. The number of rotatable bonds is 3. The zero-order chi connectivity index (χ0) is 20.1. The monoisotopic (exact) mass is 406 g/mol. The van der Waals surface area contributed by atoms with Crippen LogP contribution < -0.4 is 4.74 Å². The van der Waals surface area contributed by atoms with Crippen LogP contribution in [0.3, 0.4) is 0 Å². The van der Waals surface area contributed by atoms with Gasteiger partial charge in [-0.15, -0.1) is 0 Å². The van der Waals surface area contributed by atoms with Gasteiger partial charge in [-0.1, -0.05) is 30.2 Å². The number of fused-ring (bicyclic) bond motifs is 7. The van der Waals surface area contributed by atoms with Gasteiger partial charge in [0.25, 0.3) is 0 Å². The first-order valence-electron chi connectivity index (χ1n) is 12.2. The van der Waals surface area contributed by atoms with Crippen molar-refractivity contribution in [3.8, 4) is 5.75 Å². The Morgan fingerprint density at radius 2 is 2.10 bits per heavy atom. The molecule has 3 saturated heterocycles. The normalized spacial score (nSPS) is 32.5. The van der Waals surface area contributed by atoms with Crippen LogP contribution in [-0.4, -0.2) is 54.0 Å². The topological polar surface area (TPSA) is 32.8 Å². The van der Waals surface area contributed by atoms with Crippen LogP contribution in [0.15, 0.2) is 29.8 Å². The average Bonchev–Trinajstić information content (AvgIpc) is 3.25. The lowest BCUT2D eigenvalue weighted by molar-refractivity contribution is -0.136. The van der Waals surface area contributed by atoms with Crippen LogP contribution in [0.4, 0.5) is 0 Å². The van der Waals surface area contributed by atoms with E-state index >= 15 is 0 Å². The second-order valence-corrected chi connectivity index (χ2v) is 10.1. The summed E-state index contributed by atoms with van der Waals surface area (Å²) in [6, 6.07) is 7.63. The van der Waals surface area contributed by atoms with Gasteiger partial charge in [-0.05, 0) is 74.1 Å². The molecule has 1 aliphatic carbocycles. The number of hydrogen-bond acceptors (Lipinski definition) is 3. The number of aryl methyl sites for hydroxylation is 1. The van der Waals surface area contributed by atoms with Gasteiger partial charge >= 0.3 is 0 Å². The molecule has 4 atom stereocenters. The summed E-state index contributed by atoms with van der Waals surface area (Å²) < 4.78 is 5.62. The highest BCUT2D eigenvalue weighted by Crippen LogP contribution is 2.45. The SMILES string of the molecule is O=C(CCc1ccc2c(c1)CCO2)N1CCCC2=C[C@H]3C[C@H](CN4CCCC[C@@H]34)[C@H]21. The first-order valence-corrected chi connectivity index (χ1v) is 12.2. The lowest BCUT2D eigenvalue weighted by Gasteiger charge is -2.54. The Labute approximate surface area is 180 Å². The molecule has 0 N–H and O–H groups in total. The lowest BCUT2D eigenvalue weighted by atomic mass is 9.68. The minimum absolute atomic E-state index is 0.363. The molecule has 3 fully saturated rings. The molecule has 5 aliphatic rings. The van der Waals surface area contributed by atoms with Gasteiger partial charge in [-0.3, -0.25) is 9.69 Å². The van der Waals surface area contributed by atoms with Gasteiger partial charge in [0.2, 0.25) is 5.91 Å². The van der Waals surface area contributed by atoms with E-state index in [1.165, 1.54) is 56.3 Å². The van der Waals surface area contributed by atoms with Crippen LogP contribution in [0.1, 0.15) is 56.1 Å². The molecule has 0 unspecified atom stereocenters. The average molecular weight is 407 g/mol. The third-order valence-corrected chi connectivity index (χ3v) is 8.36. The first kappa shape index (κ1) is 18.9. The summed E-state index contributed by atoms with van der Waals surface area (Å²) >= 11 is 0. The van der Waals surface area contributed by atoms with Crippen molar-refractivity contribution in [2.75, 3.05) is 26.2 Å². The van der Waals surface area contributed by atoms with Crippen LogP contribution in [0, 0.1) is 11.8 Å². The van der Waals surface area contributed by atoms with Crippen LogP contribution in [-0.2, 0) is 17.6 Å². The fourth-order valence-corrected chi connectivity index (χ4v) is 7.04. The molecule has 4 heteroatoms. The van der Waals surface area contributed by atoms with Crippen LogP contribution in [0.5, 0.6) is 5.75 Å². The fraction of sp³-hybridized carbons (Fsp3) is 0.654. The zero-order valence-corrected chi connectivity index (χ0v) is 18.0. The van der Waals surface area contributed by atoms with Crippen molar-refractivity contribution in [1.82, 2.24) is 9.80 Å². The number of hydrogen-bond donors (Lipinski definition) is 0. The van der Waals surface area contributed by atoms with Crippen molar-refractivity contribution >= 4 is 5.91 Å². The molecule has 0 saturated carbocycles. The molecule has 30 heavy (non-hydrogen) atoms. The number of ether oxygens (including phenoxy) is 1. The van der Waals surface area contributed by atoms with Crippen molar-refractivity contribution in [2.24, 2.45) is 11.8 Å². The van der Waals surface area contributed by atoms with Gasteiger partial charge in [0.1, 0.15) is 5.75 Å². The zero-order valence-electron chi connectivity index (χ0n) is 18.0. The second kappa shape index (κ2) is 7.71. The minimum atomic E-state index is 0.363. The Kier molecular flexibility index (Phi) is 4.86. The van der Waals surface area contributed by atoms with Crippen molar-refractivity contribution in [1.29, 1.82) is 0 Å². The molecule has 2 bridgehead atoms. The van der Waals surface area contributed by atoms with E-state index in [0.717, 1.165) is 50.1 Å². The molecule has 4 aliphatic heterocycles. The van der Waals surface area contributed by atoms with E-state index in [-0.39, 0.29) is 0 Å². The van der Waals surface area contributed by atoms with Crippen LogP contribution in [0.2, 0.25) is 0 Å². The molecular formula is C26H34N2O2. The van der Waals surface area contributed by atoms with E-state index in [1.54, 1.807) is 5.57 Å². The van der Waals surface area contributed by atoms with Gasteiger partial charge in [-0.25, -0.2) is 0 Å². The highest BCUT2D eigenvalue weighted by Gasteiger charge is 2.46. The molecule has 6 rings (SSSR count). The highest BCUT2D eigenvalue weighted by atomic mass is 16.5. The first-order chi connectivity index (χ1) is 14.8. The molecule has 1 aromatic rings. The second-order valence-electron chi connectivity index (χ2n) is 10.1. The highest BCUT2D eigenvalue weighted by molar-refractivity contribution is 5.77. The predicted octanol–water partition coefficient (Wildman–Crippen LogP) is 3.98. The molecule has 160 valence electrons. The van der Waals surface area contributed by atoms with Crippen molar-refractivity contribution in [3.63, 3.8) is 0 Å². The summed E-state index contributed by atoms with van der Waals surface area (Å²) in [4.78, 5) is 18.4. The summed E-state index contributed by atoms with van der Waals surface area (Å²) in [5.74, 6) is 2.77. The van der Waals surface area contributed by atoms with E-state index in [2.05, 4.69) is 34.1 Å². The van der Waals surface area contributed by atoms with Gasteiger partial charge < -0.3 is 9.64 Å². The molecule has 1 amide bonds. The largest absolute Gasteiger partial charge is 0.493 e. The van der Waals surface area contributed by atoms with E-state index in [1.807, 2.05) is 0 Å². The number of likely N-dealkylation sites (tertiary alicyclic amines) is 1. The van der Waals surface area contributed by atoms with Crippen LogP contribution in [0.25, 0.3) is 0 Å². The molecular weight excluding hydrogens is 372 g/mol. The maximum absolute atomic E-state index is 13.4. The Morgan fingerprint density at radius 1 is 1.13 bits per heavy atom. The Hall–Kier alpha value is -1.81. The summed E-state index contributed by atoms with van der Waals surface area (Å²) in [7, 11) is 0. The van der Waals surface area contributed by atoms with E-state index in [4.69, 9.17) is 4.74 Å². The minimum Gasteiger partial charge on any atom is -0.493 e. The molecule has 0 radical (unpaired) electrons. The van der Waals surface area contributed by atoms with Crippen molar-refractivity contribution in [3.05, 3.63) is 41.0 Å². The quantitative estimate of drug-likeness (QED) is 0.712. The maximum Gasteiger partial charge on any atom is 0.223 e. The van der Waals surface area contributed by atoms with Crippen molar-refractivity contribution < 1.29 is 9.53 Å². The summed E-state index contributed by atoms with van der Waals surface area (Å²) in [5.41, 5.74) is 4.17. The Bertz CT molecular complexity index is 863. The summed E-state index contributed by atoms with van der Waals surface area (Å²) in [6.45, 7) is 4.22. The molecule has 0 spiro atoms. The van der Waals surface area contributed by atoms with E-state index in [9.17, 15) is 4.79 Å². The maximum atomic E-state index is 13.4. The fourth-order valence-electron chi connectivity index (χ4n) is 7.04.